The Bertz CT molecular complexity index is 439. The highest BCUT2D eigenvalue weighted by Gasteiger charge is 2.53. The topological polar surface area (TPSA) is 40.5 Å². The molecule has 0 unspecified atom stereocenters. The van der Waals surface area contributed by atoms with E-state index in [0.29, 0.717) is 6.54 Å². The molecule has 1 saturated carbocycles. The predicted octanol–water partition coefficient (Wildman–Crippen LogP) is 2.37. The molecule has 18 heavy (non-hydrogen) atoms. The summed E-state index contributed by atoms with van der Waals surface area (Å²) in [5, 5.41) is 9.37. The van der Waals surface area contributed by atoms with Gasteiger partial charge in [-0.3, -0.25) is 9.69 Å². The van der Waals surface area contributed by atoms with Crippen LogP contribution in [-0.4, -0.2) is 29.1 Å². The van der Waals surface area contributed by atoms with E-state index in [9.17, 15) is 9.90 Å². The average Bonchev–Trinajstić information content (AvgIpc) is 2.70. The van der Waals surface area contributed by atoms with Crippen molar-refractivity contribution in [3.05, 3.63) is 35.9 Å². The van der Waals surface area contributed by atoms with Gasteiger partial charge in [-0.25, -0.2) is 0 Å². The van der Waals surface area contributed by atoms with Crippen LogP contribution in [0.4, 0.5) is 0 Å². The first-order chi connectivity index (χ1) is 8.70. The summed E-state index contributed by atoms with van der Waals surface area (Å²) in [6, 6.07) is 10.3. The molecule has 1 aromatic carbocycles. The molecule has 1 aliphatic carbocycles. The molecular formula is C15H19NO2. The third kappa shape index (κ3) is 1.93. The van der Waals surface area contributed by atoms with Crippen molar-refractivity contribution in [3.63, 3.8) is 0 Å². The van der Waals surface area contributed by atoms with Crippen molar-refractivity contribution in [1.29, 1.82) is 0 Å². The van der Waals surface area contributed by atoms with E-state index in [1.54, 1.807) is 0 Å². The Morgan fingerprint density at radius 1 is 1.33 bits per heavy atom. The molecule has 96 valence electrons. The van der Waals surface area contributed by atoms with Crippen LogP contribution in [0.25, 0.3) is 0 Å². The number of likely N-dealkylation sites (tertiary alicyclic amines) is 1. The van der Waals surface area contributed by atoms with E-state index in [0.717, 1.165) is 25.9 Å². The second-order valence-electron chi connectivity index (χ2n) is 5.76. The second kappa shape index (κ2) is 4.39. The Labute approximate surface area is 107 Å². The van der Waals surface area contributed by atoms with Crippen LogP contribution in [0, 0.1) is 11.3 Å². The molecule has 0 aromatic heterocycles. The predicted molar refractivity (Wildman–Crippen MR) is 69.1 cm³/mol. The normalized spacial score (nSPS) is 26.1. The van der Waals surface area contributed by atoms with Gasteiger partial charge in [-0.05, 0) is 23.8 Å². The van der Waals surface area contributed by atoms with Crippen molar-refractivity contribution in [3.8, 4) is 0 Å². The zero-order valence-electron chi connectivity index (χ0n) is 10.5. The Kier molecular flexibility index (Phi) is 2.86. The first kappa shape index (κ1) is 11.7. The maximum atomic E-state index is 11.4. The molecule has 3 heteroatoms. The van der Waals surface area contributed by atoms with E-state index in [4.69, 9.17) is 0 Å². The number of carbonyl (C=O) groups is 1. The molecule has 1 saturated heterocycles. The maximum Gasteiger partial charge on any atom is 0.308 e. The molecule has 1 N–H and O–H groups in total. The summed E-state index contributed by atoms with van der Waals surface area (Å²) in [6.45, 7) is 2.55. The van der Waals surface area contributed by atoms with E-state index >= 15 is 0 Å². The number of nitrogens with zero attached hydrogens (tertiary/aromatic N) is 1. The Balaban J connectivity index is 1.71. The lowest BCUT2D eigenvalue weighted by molar-refractivity contribution is -0.146. The fourth-order valence-electron chi connectivity index (χ4n) is 3.51. The fourth-order valence-corrected chi connectivity index (χ4v) is 3.51. The molecule has 2 aliphatic rings. The minimum Gasteiger partial charge on any atom is -0.481 e. The van der Waals surface area contributed by atoms with Crippen LogP contribution < -0.4 is 0 Å². The van der Waals surface area contributed by atoms with E-state index in [1.807, 2.05) is 18.2 Å². The van der Waals surface area contributed by atoms with Crippen LogP contribution in [-0.2, 0) is 11.3 Å². The van der Waals surface area contributed by atoms with E-state index in [1.165, 1.54) is 12.0 Å². The summed E-state index contributed by atoms with van der Waals surface area (Å²) in [4.78, 5) is 13.7. The number of aliphatic carboxylic acids is 1. The Morgan fingerprint density at radius 2 is 2.06 bits per heavy atom. The van der Waals surface area contributed by atoms with Crippen LogP contribution in [0.1, 0.15) is 24.8 Å². The largest absolute Gasteiger partial charge is 0.481 e. The summed E-state index contributed by atoms with van der Waals surface area (Å²) in [5.74, 6) is -0.764. The number of carboxylic acid groups (broad SMARTS) is 1. The average molecular weight is 245 g/mol. The molecule has 0 radical (unpaired) electrons. The maximum absolute atomic E-state index is 11.4. The third-order valence-corrected chi connectivity index (χ3v) is 4.61. The molecule has 1 spiro atoms. The fraction of sp³-hybridized carbons (Fsp3) is 0.533. The first-order valence-corrected chi connectivity index (χ1v) is 6.69. The van der Waals surface area contributed by atoms with Crippen molar-refractivity contribution in [2.45, 2.75) is 25.8 Å². The van der Waals surface area contributed by atoms with Gasteiger partial charge in [0.2, 0.25) is 0 Å². The summed E-state index contributed by atoms with van der Waals surface area (Å²) in [5.41, 5.74) is 1.36. The monoisotopic (exact) mass is 245 g/mol. The van der Waals surface area contributed by atoms with Gasteiger partial charge in [0, 0.05) is 19.6 Å². The molecule has 0 bridgehead atoms. The van der Waals surface area contributed by atoms with Crippen LogP contribution in [0.15, 0.2) is 30.3 Å². The van der Waals surface area contributed by atoms with Crippen molar-refractivity contribution < 1.29 is 9.90 Å². The lowest BCUT2D eigenvalue weighted by Gasteiger charge is -2.41. The summed E-state index contributed by atoms with van der Waals surface area (Å²) < 4.78 is 0. The first-order valence-electron chi connectivity index (χ1n) is 6.69. The van der Waals surface area contributed by atoms with Crippen molar-refractivity contribution in [2.75, 3.05) is 13.1 Å². The van der Waals surface area contributed by atoms with Gasteiger partial charge in [-0.2, -0.15) is 0 Å². The molecule has 1 aliphatic heterocycles. The smallest absolute Gasteiger partial charge is 0.308 e. The van der Waals surface area contributed by atoms with E-state index in [-0.39, 0.29) is 11.3 Å². The van der Waals surface area contributed by atoms with Gasteiger partial charge in [-0.15, -0.1) is 0 Å². The molecule has 3 nitrogen and oxygen atoms in total. The molecular weight excluding hydrogens is 226 g/mol. The van der Waals surface area contributed by atoms with E-state index < -0.39 is 5.97 Å². The van der Waals surface area contributed by atoms with Crippen molar-refractivity contribution in [2.24, 2.45) is 11.3 Å². The number of carboxylic acids is 1. The lowest BCUT2D eigenvalue weighted by Crippen LogP contribution is -2.40. The highest BCUT2D eigenvalue weighted by molar-refractivity contribution is 5.72. The highest BCUT2D eigenvalue weighted by atomic mass is 16.4. The lowest BCUT2D eigenvalue weighted by atomic mass is 9.63. The Hall–Kier alpha value is -1.35. The molecule has 3 rings (SSSR count). The number of benzene rings is 1. The molecule has 2 fully saturated rings. The SMILES string of the molecule is O=C(O)[C@@H]1CN(Cc2ccccc2)CC12CCC2. The standard InChI is InChI=1S/C15H19NO2/c17-14(18)13-10-16(11-15(13)7-4-8-15)9-12-5-2-1-3-6-12/h1-3,5-6,13H,4,7-11H2,(H,17,18)/t13-/m0/s1. The van der Waals surface area contributed by atoms with Gasteiger partial charge in [-0.1, -0.05) is 36.8 Å². The van der Waals surface area contributed by atoms with Crippen molar-refractivity contribution >= 4 is 5.97 Å². The van der Waals surface area contributed by atoms with Crippen molar-refractivity contribution in [1.82, 2.24) is 4.90 Å². The van der Waals surface area contributed by atoms with Gasteiger partial charge in [0.1, 0.15) is 0 Å². The Morgan fingerprint density at radius 3 is 2.56 bits per heavy atom. The summed E-state index contributed by atoms with van der Waals surface area (Å²) in [7, 11) is 0. The number of rotatable bonds is 3. The minimum absolute atomic E-state index is 0.0839. The van der Waals surface area contributed by atoms with Crippen LogP contribution in [0.5, 0.6) is 0 Å². The van der Waals surface area contributed by atoms with Gasteiger partial charge in [0.25, 0.3) is 0 Å². The zero-order valence-corrected chi connectivity index (χ0v) is 10.5. The van der Waals surface area contributed by atoms with Crippen LogP contribution in [0.3, 0.4) is 0 Å². The highest BCUT2D eigenvalue weighted by Crippen LogP contribution is 2.51. The molecule has 1 heterocycles. The van der Waals surface area contributed by atoms with Gasteiger partial charge >= 0.3 is 5.97 Å². The summed E-state index contributed by atoms with van der Waals surface area (Å²) in [6.07, 6.45) is 3.38. The van der Waals surface area contributed by atoms with Crippen LogP contribution in [0.2, 0.25) is 0 Å². The van der Waals surface area contributed by atoms with E-state index in [2.05, 4.69) is 17.0 Å². The molecule has 0 amide bonds. The van der Waals surface area contributed by atoms with Gasteiger partial charge in [0.05, 0.1) is 5.92 Å². The van der Waals surface area contributed by atoms with Crippen LogP contribution >= 0.6 is 0 Å². The quantitative estimate of drug-likeness (QED) is 0.888. The van der Waals surface area contributed by atoms with Gasteiger partial charge in [0.15, 0.2) is 0 Å². The van der Waals surface area contributed by atoms with Gasteiger partial charge < -0.3 is 5.11 Å². The third-order valence-electron chi connectivity index (χ3n) is 4.61. The summed E-state index contributed by atoms with van der Waals surface area (Å²) >= 11 is 0. The number of hydrogen-bond donors (Lipinski definition) is 1. The zero-order chi connectivity index (χ0) is 12.6. The molecule has 1 atom stereocenters. The molecule has 1 aromatic rings. The minimum atomic E-state index is -0.606. The number of hydrogen-bond acceptors (Lipinski definition) is 2. The second-order valence-corrected chi connectivity index (χ2v) is 5.76.